The lowest BCUT2D eigenvalue weighted by molar-refractivity contribution is -0.144. The predicted molar refractivity (Wildman–Crippen MR) is 64.0 cm³/mol. The maximum Gasteiger partial charge on any atom is 0.251 e. The fourth-order valence-corrected chi connectivity index (χ4v) is 2.22. The number of hydrogen-bond donors (Lipinski definition) is 1. The van der Waals surface area contributed by atoms with Crippen LogP contribution in [0.1, 0.15) is 33.6 Å². The lowest BCUT2D eigenvalue weighted by atomic mass is 9.92. The third-order valence-corrected chi connectivity index (χ3v) is 3.28. The highest BCUT2D eigenvalue weighted by Crippen LogP contribution is 2.19. The SMILES string of the molecule is CCO[C@H](C)C(=O)N1CCC[C@H]([C@@H](C)N)C1. The second-order valence-electron chi connectivity index (χ2n) is 4.64. The molecule has 1 saturated heterocycles. The standard InChI is InChI=1S/C12H24N2O2/c1-4-16-10(3)12(15)14-7-5-6-11(8-14)9(2)13/h9-11H,4-8,13H2,1-3H3/t9-,10-,11+/m1/s1. The van der Waals surface area contributed by atoms with Crippen molar-refractivity contribution in [2.24, 2.45) is 11.7 Å². The van der Waals surface area contributed by atoms with Gasteiger partial charge in [-0.15, -0.1) is 0 Å². The van der Waals surface area contributed by atoms with E-state index < -0.39 is 0 Å². The zero-order valence-corrected chi connectivity index (χ0v) is 10.6. The summed E-state index contributed by atoms with van der Waals surface area (Å²) >= 11 is 0. The number of hydrogen-bond acceptors (Lipinski definition) is 3. The molecule has 1 rings (SSSR count). The Morgan fingerprint density at radius 3 is 2.81 bits per heavy atom. The van der Waals surface area contributed by atoms with Gasteiger partial charge in [0.1, 0.15) is 6.10 Å². The Morgan fingerprint density at radius 1 is 1.56 bits per heavy atom. The molecule has 0 radical (unpaired) electrons. The van der Waals surface area contributed by atoms with Gasteiger partial charge in [-0.3, -0.25) is 4.79 Å². The smallest absolute Gasteiger partial charge is 0.251 e. The lowest BCUT2D eigenvalue weighted by Crippen LogP contribution is -2.48. The second kappa shape index (κ2) is 6.21. The number of carbonyl (C=O) groups excluding carboxylic acids is 1. The molecule has 4 heteroatoms. The Bertz CT molecular complexity index is 231. The molecule has 3 atom stereocenters. The van der Waals surface area contributed by atoms with Gasteiger partial charge in [-0.05, 0) is 39.5 Å². The molecular formula is C12H24N2O2. The van der Waals surface area contributed by atoms with Crippen molar-refractivity contribution < 1.29 is 9.53 Å². The van der Waals surface area contributed by atoms with Crippen molar-refractivity contribution in [3.63, 3.8) is 0 Å². The second-order valence-corrected chi connectivity index (χ2v) is 4.64. The van der Waals surface area contributed by atoms with Crippen molar-refractivity contribution in [3.05, 3.63) is 0 Å². The molecule has 0 aromatic rings. The van der Waals surface area contributed by atoms with Crippen LogP contribution in [0.2, 0.25) is 0 Å². The molecule has 1 heterocycles. The van der Waals surface area contributed by atoms with Gasteiger partial charge in [0, 0.05) is 25.7 Å². The number of nitrogens with two attached hydrogens (primary N) is 1. The highest BCUT2D eigenvalue weighted by atomic mass is 16.5. The molecule has 0 aromatic carbocycles. The van der Waals surface area contributed by atoms with Crippen molar-refractivity contribution in [2.75, 3.05) is 19.7 Å². The summed E-state index contributed by atoms with van der Waals surface area (Å²) in [6.45, 7) is 7.96. The number of ether oxygens (including phenoxy) is 1. The third-order valence-electron chi connectivity index (χ3n) is 3.28. The first-order chi connectivity index (χ1) is 7.56. The van der Waals surface area contributed by atoms with Gasteiger partial charge < -0.3 is 15.4 Å². The molecule has 4 nitrogen and oxygen atoms in total. The van der Waals surface area contributed by atoms with Gasteiger partial charge in [0.15, 0.2) is 0 Å². The monoisotopic (exact) mass is 228 g/mol. The molecule has 0 spiro atoms. The Balaban J connectivity index is 2.49. The summed E-state index contributed by atoms with van der Waals surface area (Å²) in [5.74, 6) is 0.540. The van der Waals surface area contributed by atoms with Crippen molar-refractivity contribution >= 4 is 5.91 Å². The zero-order valence-electron chi connectivity index (χ0n) is 10.6. The summed E-state index contributed by atoms with van der Waals surface area (Å²) in [5, 5.41) is 0. The van der Waals surface area contributed by atoms with Crippen LogP contribution in [0.25, 0.3) is 0 Å². The summed E-state index contributed by atoms with van der Waals surface area (Å²) < 4.78 is 5.33. The van der Waals surface area contributed by atoms with Crippen molar-refractivity contribution in [3.8, 4) is 0 Å². The van der Waals surface area contributed by atoms with E-state index in [2.05, 4.69) is 0 Å². The zero-order chi connectivity index (χ0) is 12.1. The highest BCUT2D eigenvalue weighted by Gasteiger charge is 2.28. The van der Waals surface area contributed by atoms with E-state index in [1.165, 1.54) is 0 Å². The van der Waals surface area contributed by atoms with Crippen LogP contribution in [0.5, 0.6) is 0 Å². The number of rotatable bonds is 4. The average molecular weight is 228 g/mol. The fraction of sp³-hybridized carbons (Fsp3) is 0.917. The molecule has 94 valence electrons. The third kappa shape index (κ3) is 3.46. The van der Waals surface area contributed by atoms with Crippen LogP contribution >= 0.6 is 0 Å². The lowest BCUT2D eigenvalue weighted by Gasteiger charge is -2.35. The van der Waals surface area contributed by atoms with Crippen molar-refractivity contribution in [1.29, 1.82) is 0 Å². The predicted octanol–water partition coefficient (Wildman–Crippen LogP) is 0.997. The number of amides is 1. The van der Waals surface area contributed by atoms with Gasteiger partial charge in [-0.2, -0.15) is 0 Å². The number of piperidine rings is 1. The van der Waals surface area contributed by atoms with Crippen LogP contribution in [0.4, 0.5) is 0 Å². The van der Waals surface area contributed by atoms with E-state index in [9.17, 15) is 4.79 Å². The van der Waals surface area contributed by atoms with Gasteiger partial charge in [0.05, 0.1) is 0 Å². The minimum Gasteiger partial charge on any atom is -0.369 e. The molecule has 0 bridgehead atoms. The van der Waals surface area contributed by atoms with E-state index >= 15 is 0 Å². The molecule has 0 unspecified atom stereocenters. The summed E-state index contributed by atoms with van der Waals surface area (Å²) in [5.41, 5.74) is 5.90. The number of nitrogens with zero attached hydrogens (tertiary/aromatic N) is 1. The summed E-state index contributed by atoms with van der Waals surface area (Å²) in [4.78, 5) is 13.9. The van der Waals surface area contributed by atoms with Crippen LogP contribution in [0, 0.1) is 5.92 Å². The van der Waals surface area contributed by atoms with Crippen LogP contribution < -0.4 is 5.73 Å². The molecule has 1 fully saturated rings. The first-order valence-corrected chi connectivity index (χ1v) is 6.22. The van der Waals surface area contributed by atoms with Crippen LogP contribution in [0.15, 0.2) is 0 Å². The summed E-state index contributed by atoms with van der Waals surface area (Å²) in [7, 11) is 0. The molecule has 1 amide bonds. The Hall–Kier alpha value is -0.610. The highest BCUT2D eigenvalue weighted by molar-refractivity contribution is 5.80. The van der Waals surface area contributed by atoms with Crippen LogP contribution in [-0.2, 0) is 9.53 Å². The van der Waals surface area contributed by atoms with Crippen molar-refractivity contribution in [1.82, 2.24) is 4.90 Å². The van der Waals surface area contributed by atoms with Crippen molar-refractivity contribution in [2.45, 2.75) is 45.8 Å². The van der Waals surface area contributed by atoms with Crippen LogP contribution in [-0.4, -0.2) is 42.6 Å². The first-order valence-electron chi connectivity index (χ1n) is 6.22. The molecule has 1 aliphatic heterocycles. The fourth-order valence-electron chi connectivity index (χ4n) is 2.22. The van der Waals surface area contributed by atoms with Gasteiger partial charge in [0.2, 0.25) is 0 Å². The molecule has 16 heavy (non-hydrogen) atoms. The van der Waals surface area contributed by atoms with E-state index in [1.807, 2.05) is 25.7 Å². The van der Waals surface area contributed by atoms with Gasteiger partial charge >= 0.3 is 0 Å². The maximum atomic E-state index is 12.0. The quantitative estimate of drug-likeness (QED) is 0.781. The van der Waals surface area contributed by atoms with E-state index in [-0.39, 0.29) is 18.1 Å². The minimum absolute atomic E-state index is 0.104. The molecule has 2 N–H and O–H groups in total. The Kier molecular flexibility index (Phi) is 5.22. The number of carbonyl (C=O) groups is 1. The van der Waals surface area contributed by atoms with E-state index in [0.29, 0.717) is 12.5 Å². The van der Waals surface area contributed by atoms with E-state index in [4.69, 9.17) is 10.5 Å². The van der Waals surface area contributed by atoms with Gasteiger partial charge in [0.25, 0.3) is 5.91 Å². The molecule has 0 aliphatic carbocycles. The van der Waals surface area contributed by atoms with E-state index in [0.717, 1.165) is 25.9 Å². The molecule has 0 saturated carbocycles. The van der Waals surface area contributed by atoms with Crippen LogP contribution in [0.3, 0.4) is 0 Å². The molecular weight excluding hydrogens is 204 g/mol. The van der Waals surface area contributed by atoms with E-state index in [1.54, 1.807) is 0 Å². The minimum atomic E-state index is -0.322. The van der Waals surface area contributed by atoms with Gasteiger partial charge in [-0.25, -0.2) is 0 Å². The summed E-state index contributed by atoms with van der Waals surface area (Å²) in [6.07, 6.45) is 1.86. The average Bonchev–Trinajstić information content (AvgIpc) is 2.28. The maximum absolute atomic E-state index is 12.0. The topological polar surface area (TPSA) is 55.6 Å². The number of likely N-dealkylation sites (tertiary alicyclic amines) is 1. The normalized spacial score (nSPS) is 25.2. The largest absolute Gasteiger partial charge is 0.369 e. The molecule has 0 aromatic heterocycles. The van der Waals surface area contributed by atoms with Gasteiger partial charge in [-0.1, -0.05) is 0 Å². The summed E-state index contributed by atoms with van der Waals surface area (Å²) in [6, 6.07) is 0.165. The Morgan fingerprint density at radius 2 is 2.25 bits per heavy atom. The molecule has 1 aliphatic rings. The Labute approximate surface area is 98.1 Å². The first kappa shape index (κ1) is 13.5.